The standard InChI is InChI=1S/C17H24N2O4S/c20-16(6-11-24(22,23)15-4-2-1-3-5-15)19-10-8-17(21)7-9-18-12-14(17)13-19/h1-5,14,18,21H,6-13H2/t14-,17-/m1/s1. The van der Waals surface area contributed by atoms with Gasteiger partial charge in [0.1, 0.15) is 0 Å². The van der Waals surface area contributed by atoms with Crippen LogP contribution in [-0.2, 0) is 14.6 Å². The van der Waals surface area contributed by atoms with Crippen LogP contribution in [0.2, 0.25) is 0 Å². The second kappa shape index (κ2) is 6.82. The molecule has 2 heterocycles. The zero-order valence-corrected chi connectivity index (χ0v) is 14.5. The third-order valence-corrected chi connectivity index (χ3v) is 6.91. The Morgan fingerprint density at radius 2 is 2.04 bits per heavy atom. The highest BCUT2D eigenvalue weighted by molar-refractivity contribution is 7.91. The first kappa shape index (κ1) is 17.4. The molecule has 0 saturated carbocycles. The Labute approximate surface area is 142 Å². The average Bonchev–Trinajstić information content (AvgIpc) is 2.59. The van der Waals surface area contributed by atoms with Crippen molar-refractivity contribution in [2.24, 2.45) is 5.92 Å². The summed E-state index contributed by atoms with van der Waals surface area (Å²) in [5.74, 6) is -0.309. The molecule has 2 N–H and O–H groups in total. The Hall–Kier alpha value is -1.44. The van der Waals surface area contributed by atoms with Crippen LogP contribution >= 0.6 is 0 Å². The number of carbonyl (C=O) groups is 1. The van der Waals surface area contributed by atoms with E-state index >= 15 is 0 Å². The van der Waals surface area contributed by atoms with E-state index in [1.54, 1.807) is 35.2 Å². The first-order valence-corrected chi connectivity index (χ1v) is 10.0. The summed E-state index contributed by atoms with van der Waals surface area (Å²) in [5, 5.41) is 13.9. The van der Waals surface area contributed by atoms with Gasteiger partial charge in [-0.15, -0.1) is 0 Å². The van der Waals surface area contributed by atoms with Gasteiger partial charge in [0.15, 0.2) is 9.84 Å². The molecule has 132 valence electrons. The normalized spacial score (nSPS) is 27.5. The first-order valence-electron chi connectivity index (χ1n) is 8.39. The van der Waals surface area contributed by atoms with Crippen LogP contribution in [0.1, 0.15) is 19.3 Å². The van der Waals surface area contributed by atoms with Gasteiger partial charge in [-0.2, -0.15) is 0 Å². The lowest BCUT2D eigenvalue weighted by atomic mass is 9.76. The van der Waals surface area contributed by atoms with Crippen molar-refractivity contribution in [3.8, 4) is 0 Å². The van der Waals surface area contributed by atoms with Crippen molar-refractivity contribution in [1.82, 2.24) is 10.2 Å². The summed E-state index contributed by atoms with van der Waals surface area (Å²) in [4.78, 5) is 14.4. The summed E-state index contributed by atoms with van der Waals surface area (Å²) < 4.78 is 24.6. The van der Waals surface area contributed by atoms with Crippen LogP contribution in [0.15, 0.2) is 35.2 Å². The molecule has 0 bridgehead atoms. The third kappa shape index (κ3) is 3.63. The van der Waals surface area contributed by atoms with Gasteiger partial charge < -0.3 is 15.3 Å². The maximum Gasteiger partial charge on any atom is 0.223 e. The molecule has 1 amide bonds. The van der Waals surface area contributed by atoms with Crippen LogP contribution in [0.3, 0.4) is 0 Å². The van der Waals surface area contributed by atoms with Crippen LogP contribution in [-0.4, -0.2) is 61.9 Å². The van der Waals surface area contributed by atoms with Gasteiger partial charge in [-0.3, -0.25) is 4.79 Å². The van der Waals surface area contributed by atoms with E-state index < -0.39 is 15.4 Å². The zero-order chi connectivity index (χ0) is 17.2. The number of sulfone groups is 1. The summed E-state index contributed by atoms with van der Waals surface area (Å²) in [6, 6.07) is 8.22. The number of rotatable bonds is 4. The van der Waals surface area contributed by atoms with Gasteiger partial charge in [-0.25, -0.2) is 8.42 Å². The Bertz CT molecular complexity index is 692. The van der Waals surface area contributed by atoms with Gasteiger partial charge >= 0.3 is 0 Å². The van der Waals surface area contributed by atoms with E-state index in [-0.39, 0.29) is 28.9 Å². The number of piperidine rings is 2. The molecule has 1 aromatic carbocycles. The largest absolute Gasteiger partial charge is 0.389 e. The number of hydrogen-bond donors (Lipinski definition) is 2. The van der Waals surface area contributed by atoms with Gasteiger partial charge in [0.2, 0.25) is 5.91 Å². The van der Waals surface area contributed by atoms with Crippen molar-refractivity contribution in [2.75, 3.05) is 31.9 Å². The maximum absolute atomic E-state index is 12.4. The minimum atomic E-state index is -3.44. The number of carbonyl (C=O) groups excluding carboxylic acids is 1. The molecular weight excluding hydrogens is 328 g/mol. The fourth-order valence-electron chi connectivity index (χ4n) is 3.58. The van der Waals surface area contributed by atoms with E-state index in [0.717, 1.165) is 6.54 Å². The molecule has 1 aromatic rings. The third-order valence-electron chi connectivity index (χ3n) is 5.18. The monoisotopic (exact) mass is 352 g/mol. The van der Waals surface area contributed by atoms with Crippen molar-refractivity contribution in [2.45, 2.75) is 29.8 Å². The van der Waals surface area contributed by atoms with Crippen LogP contribution in [0.4, 0.5) is 0 Å². The van der Waals surface area contributed by atoms with Crippen molar-refractivity contribution >= 4 is 15.7 Å². The van der Waals surface area contributed by atoms with Gasteiger partial charge in [-0.1, -0.05) is 18.2 Å². The van der Waals surface area contributed by atoms with Gasteiger partial charge in [0, 0.05) is 32.0 Å². The summed E-state index contributed by atoms with van der Waals surface area (Å²) in [5.41, 5.74) is -0.682. The highest BCUT2D eigenvalue weighted by Gasteiger charge is 2.43. The molecule has 2 atom stereocenters. The fraction of sp³-hybridized carbons (Fsp3) is 0.588. The Morgan fingerprint density at radius 3 is 2.79 bits per heavy atom. The molecule has 24 heavy (non-hydrogen) atoms. The smallest absolute Gasteiger partial charge is 0.223 e. The lowest BCUT2D eigenvalue weighted by molar-refractivity contribution is -0.141. The van der Waals surface area contributed by atoms with Crippen molar-refractivity contribution in [3.63, 3.8) is 0 Å². The topological polar surface area (TPSA) is 86.7 Å². The SMILES string of the molecule is O=C(CCS(=O)(=O)c1ccccc1)N1CC[C@]2(O)CCNC[C@@H]2C1. The van der Waals surface area contributed by atoms with Crippen LogP contribution < -0.4 is 5.32 Å². The predicted octanol–water partition coefficient (Wildman–Crippen LogP) is 0.423. The van der Waals surface area contributed by atoms with Gasteiger partial charge in [0.25, 0.3) is 0 Å². The average molecular weight is 352 g/mol. The summed E-state index contributed by atoms with van der Waals surface area (Å²) >= 11 is 0. The molecule has 2 aliphatic rings. The van der Waals surface area contributed by atoms with Crippen LogP contribution in [0, 0.1) is 5.92 Å². The number of likely N-dealkylation sites (tertiary alicyclic amines) is 1. The molecule has 2 aliphatic heterocycles. The highest BCUT2D eigenvalue weighted by atomic mass is 32.2. The number of nitrogens with one attached hydrogen (secondary N) is 1. The Balaban J connectivity index is 1.58. The minimum absolute atomic E-state index is 0.0181. The number of hydrogen-bond acceptors (Lipinski definition) is 5. The predicted molar refractivity (Wildman–Crippen MR) is 90.2 cm³/mol. The molecule has 0 aromatic heterocycles. The molecule has 0 unspecified atom stereocenters. The molecule has 2 saturated heterocycles. The van der Waals surface area contributed by atoms with E-state index in [2.05, 4.69) is 5.32 Å². The van der Waals surface area contributed by atoms with Crippen molar-refractivity contribution in [1.29, 1.82) is 0 Å². The fourth-order valence-corrected chi connectivity index (χ4v) is 4.83. The van der Waals surface area contributed by atoms with Crippen LogP contribution in [0.25, 0.3) is 0 Å². The van der Waals surface area contributed by atoms with E-state index in [1.807, 2.05) is 0 Å². The summed E-state index contributed by atoms with van der Waals surface area (Å²) in [6.45, 7) is 2.49. The van der Waals surface area contributed by atoms with E-state index in [1.165, 1.54) is 0 Å². The lowest BCUT2D eigenvalue weighted by Crippen LogP contribution is -2.60. The number of amides is 1. The van der Waals surface area contributed by atoms with Gasteiger partial charge in [-0.05, 0) is 31.5 Å². The maximum atomic E-state index is 12.4. The van der Waals surface area contributed by atoms with E-state index in [4.69, 9.17) is 0 Å². The van der Waals surface area contributed by atoms with Gasteiger partial charge in [0.05, 0.1) is 16.2 Å². The number of aliphatic hydroxyl groups is 1. The molecule has 0 radical (unpaired) electrons. The first-order chi connectivity index (χ1) is 11.4. The molecule has 2 fully saturated rings. The van der Waals surface area contributed by atoms with Crippen molar-refractivity contribution in [3.05, 3.63) is 30.3 Å². The lowest BCUT2D eigenvalue weighted by Gasteiger charge is -2.47. The Kier molecular flexibility index (Phi) is 4.94. The number of fused-ring (bicyclic) bond motifs is 1. The molecule has 0 aliphatic carbocycles. The minimum Gasteiger partial charge on any atom is -0.389 e. The molecule has 3 rings (SSSR count). The van der Waals surface area contributed by atoms with Crippen molar-refractivity contribution < 1.29 is 18.3 Å². The molecular formula is C17H24N2O4S. The quantitative estimate of drug-likeness (QED) is 0.820. The highest BCUT2D eigenvalue weighted by Crippen LogP contribution is 2.33. The zero-order valence-electron chi connectivity index (χ0n) is 13.6. The number of nitrogens with zero attached hydrogens (tertiary/aromatic N) is 1. The second-order valence-corrected chi connectivity index (χ2v) is 8.84. The molecule has 0 spiro atoms. The molecule has 6 nitrogen and oxygen atoms in total. The van der Waals surface area contributed by atoms with E-state index in [9.17, 15) is 18.3 Å². The second-order valence-electron chi connectivity index (χ2n) is 6.73. The molecule has 7 heteroatoms. The number of benzene rings is 1. The Morgan fingerprint density at radius 1 is 1.29 bits per heavy atom. The van der Waals surface area contributed by atoms with Crippen LogP contribution in [0.5, 0.6) is 0 Å². The summed E-state index contributed by atoms with van der Waals surface area (Å²) in [7, 11) is -3.44. The summed E-state index contributed by atoms with van der Waals surface area (Å²) in [6.07, 6.45) is 1.26. The van der Waals surface area contributed by atoms with E-state index in [0.29, 0.717) is 32.5 Å².